The number of sulfonamides is 1. The Hall–Kier alpha value is -2.22. The molecule has 3 aliphatic rings. The molecular formula is C24H29N3O3S. The maximum Gasteiger partial charge on any atom is 0.243 e. The van der Waals surface area contributed by atoms with Crippen molar-refractivity contribution in [2.75, 3.05) is 31.1 Å². The summed E-state index contributed by atoms with van der Waals surface area (Å²) in [5.74, 6) is 0.348. The third kappa shape index (κ3) is 4.02. The molecule has 0 bridgehead atoms. The van der Waals surface area contributed by atoms with Gasteiger partial charge in [0, 0.05) is 50.4 Å². The Labute approximate surface area is 184 Å². The second kappa shape index (κ2) is 8.04. The standard InChI is InChI=1S/C24H29N3O3S/c1-18-15-21-16-22(9-10-23(21)27(18)24(28)20-7-8-20)31(29,30)26-13-11-25(12-14-26)17-19-5-3-2-4-6-19/h2-6,9-10,16,18,20H,7-8,11-15,17H2,1H3/t18-/m0/s1. The van der Waals surface area contributed by atoms with Gasteiger partial charge in [-0.3, -0.25) is 9.69 Å². The average molecular weight is 440 g/mol. The van der Waals surface area contributed by atoms with Gasteiger partial charge in [-0.25, -0.2) is 8.42 Å². The van der Waals surface area contributed by atoms with Crippen LogP contribution in [0.15, 0.2) is 53.4 Å². The predicted molar refractivity (Wildman–Crippen MR) is 120 cm³/mol. The van der Waals surface area contributed by atoms with E-state index in [1.807, 2.05) is 36.1 Å². The molecule has 2 aromatic rings. The quantitative estimate of drug-likeness (QED) is 0.719. The molecule has 1 saturated heterocycles. The van der Waals surface area contributed by atoms with E-state index in [0.29, 0.717) is 24.4 Å². The molecule has 0 aromatic heterocycles. The highest BCUT2D eigenvalue weighted by molar-refractivity contribution is 7.89. The highest BCUT2D eigenvalue weighted by Crippen LogP contribution is 2.39. The van der Waals surface area contributed by atoms with Crippen LogP contribution in [0.2, 0.25) is 0 Å². The average Bonchev–Trinajstić information content (AvgIpc) is 3.56. The Morgan fingerprint density at radius 1 is 1.00 bits per heavy atom. The van der Waals surface area contributed by atoms with Crippen molar-refractivity contribution in [1.29, 1.82) is 0 Å². The number of fused-ring (bicyclic) bond motifs is 1. The molecule has 0 radical (unpaired) electrons. The second-order valence-corrected chi connectivity index (χ2v) is 10.9. The first kappa shape index (κ1) is 20.7. The molecule has 2 heterocycles. The van der Waals surface area contributed by atoms with Gasteiger partial charge in [-0.05, 0) is 55.5 Å². The number of hydrogen-bond acceptors (Lipinski definition) is 4. The molecule has 0 N–H and O–H groups in total. The van der Waals surface area contributed by atoms with E-state index in [1.54, 1.807) is 16.4 Å². The molecule has 2 fully saturated rings. The van der Waals surface area contributed by atoms with Crippen molar-refractivity contribution in [2.45, 2.75) is 43.7 Å². The molecule has 1 saturated carbocycles. The topological polar surface area (TPSA) is 60.9 Å². The van der Waals surface area contributed by atoms with E-state index in [2.05, 4.69) is 17.0 Å². The van der Waals surface area contributed by atoms with Gasteiger partial charge in [0.1, 0.15) is 0 Å². The summed E-state index contributed by atoms with van der Waals surface area (Å²) in [6.07, 6.45) is 2.65. The van der Waals surface area contributed by atoms with Gasteiger partial charge in [0.25, 0.3) is 0 Å². The summed E-state index contributed by atoms with van der Waals surface area (Å²) in [6, 6.07) is 15.7. The minimum atomic E-state index is -3.54. The van der Waals surface area contributed by atoms with Crippen LogP contribution < -0.4 is 4.90 Å². The third-order valence-corrected chi connectivity index (χ3v) is 8.54. The first-order chi connectivity index (χ1) is 14.9. The largest absolute Gasteiger partial charge is 0.309 e. The number of nitrogens with zero attached hydrogens (tertiary/aromatic N) is 3. The summed E-state index contributed by atoms with van der Waals surface area (Å²) in [7, 11) is -3.54. The van der Waals surface area contributed by atoms with Gasteiger partial charge in [0.15, 0.2) is 0 Å². The van der Waals surface area contributed by atoms with E-state index in [-0.39, 0.29) is 17.9 Å². The molecule has 1 amide bonds. The van der Waals surface area contributed by atoms with Crippen molar-refractivity contribution >= 4 is 21.6 Å². The molecule has 164 valence electrons. The van der Waals surface area contributed by atoms with Gasteiger partial charge in [0.05, 0.1) is 4.90 Å². The fourth-order valence-electron chi connectivity index (χ4n) is 4.75. The van der Waals surface area contributed by atoms with Crippen LogP contribution in [0.25, 0.3) is 0 Å². The van der Waals surface area contributed by atoms with Crippen LogP contribution in [-0.2, 0) is 27.8 Å². The molecule has 2 aromatic carbocycles. The number of piperazine rings is 1. The molecule has 6 nitrogen and oxygen atoms in total. The third-order valence-electron chi connectivity index (χ3n) is 6.65. The zero-order valence-electron chi connectivity index (χ0n) is 17.9. The fraction of sp³-hybridized carbons (Fsp3) is 0.458. The first-order valence-electron chi connectivity index (χ1n) is 11.2. The van der Waals surface area contributed by atoms with Crippen LogP contribution in [0.4, 0.5) is 5.69 Å². The van der Waals surface area contributed by atoms with Crippen LogP contribution in [0.5, 0.6) is 0 Å². The number of hydrogen-bond donors (Lipinski definition) is 0. The number of carbonyl (C=O) groups excluding carboxylic acids is 1. The summed E-state index contributed by atoms with van der Waals surface area (Å²) in [4.78, 5) is 17.2. The van der Waals surface area contributed by atoms with Gasteiger partial charge < -0.3 is 4.90 Å². The molecule has 1 atom stereocenters. The second-order valence-electron chi connectivity index (χ2n) is 8.99. The lowest BCUT2D eigenvalue weighted by atomic mass is 10.1. The van der Waals surface area contributed by atoms with E-state index in [4.69, 9.17) is 0 Å². The van der Waals surface area contributed by atoms with Gasteiger partial charge in [-0.1, -0.05) is 30.3 Å². The Balaban J connectivity index is 1.28. The lowest BCUT2D eigenvalue weighted by molar-refractivity contribution is -0.120. The molecular weight excluding hydrogens is 410 g/mol. The molecule has 0 spiro atoms. The lowest BCUT2D eigenvalue weighted by Crippen LogP contribution is -2.48. The van der Waals surface area contributed by atoms with Gasteiger partial charge >= 0.3 is 0 Å². The van der Waals surface area contributed by atoms with Crippen molar-refractivity contribution in [1.82, 2.24) is 9.21 Å². The maximum atomic E-state index is 13.3. The van der Waals surface area contributed by atoms with Gasteiger partial charge in [-0.15, -0.1) is 0 Å². The number of anilines is 1. The van der Waals surface area contributed by atoms with Gasteiger partial charge in [-0.2, -0.15) is 4.31 Å². The maximum absolute atomic E-state index is 13.3. The number of rotatable bonds is 5. The normalized spacial score (nSPS) is 22.5. The molecule has 5 rings (SSSR count). The summed E-state index contributed by atoms with van der Waals surface area (Å²) in [6.45, 7) is 5.32. The van der Waals surface area contributed by atoms with Crippen LogP contribution in [0.1, 0.15) is 30.9 Å². The zero-order valence-corrected chi connectivity index (χ0v) is 18.7. The predicted octanol–water partition coefficient (Wildman–Crippen LogP) is 2.88. The minimum Gasteiger partial charge on any atom is -0.309 e. The SMILES string of the molecule is C[C@H]1Cc2cc(S(=O)(=O)N3CCN(Cc4ccccc4)CC3)ccc2N1C(=O)C1CC1. The first-order valence-corrected chi connectivity index (χ1v) is 12.6. The molecule has 0 unspecified atom stereocenters. The van der Waals surface area contributed by atoms with E-state index >= 15 is 0 Å². The summed E-state index contributed by atoms with van der Waals surface area (Å²) in [5, 5.41) is 0. The Morgan fingerprint density at radius 2 is 1.71 bits per heavy atom. The number of carbonyl (C=O) groups is 1. The monoisotopic (exact) mass is 439 g/mol. The zero-order chi connectivity index (χ0) is 21.6. The molecule has 2 aliphatic heterocycles. The fourth-order valence-corrected chi connectivity index (χ4v) is 6.22. The van der Waals surface area contributed by atoms with E-state index in [0.717, 1.165) is 43.7 Å². The number of benzene rings is 2. The van der Waals surface area contributed by atoms with Crippen molar-refractivity contribution in [3.63, 3.8) is 0 Å². The Bertz CT molecular complexity index is 1070. The summed E-state index contributed by atoms with van der Waals surface area (Å²) >= 11 is 0. The van der Waals surface area contributed by atoms with Crippen LogP contribution in [0, 0.1) is 5.92 Å². The highest BCUT2D eigenvalue weighted by atomic mass is 32.2. The molecule has 1 aliphatic carbocycles. The molecule has 31 heavy (non-hydrogen) atoms. The van der Waals surface area contributed by atoms with E-state index in [9.17, 15) is 13.2 Å². The minimum absolute atomic E-state index is 0.0857. The van der Waals surface area contributed by atoms with Crippen LogP contribution in [-0.4, -0.2) is 55.8 Å². The summed E-state index contributed by atoms with van der Waals surface area (Å²) in [5.41, 5.74) is 3.10. The van der Waals surface area contributed by atoms with Crippen LogP contribution in [0.3, 0.4) is 0 Å². The van der Waals surface area contributed by atoms with Crippen molar-refractivity contribution in [3.05, 3.63) is 59.7 Å². The molecule has 7 heteroatoms. The highest BCUT2D eigenvalue weighted by Gasteiger charge is 2.40. The lowest BCUT2D eigenvalue weighted by Gasteiger charge is -2.34. The van der Waals surface area contributed by atoms with E-state index in [1.165, 1.54) is 5.56 Å². The Morgan fingerprint density at radius 3 is 2.39 bits per heavy atom. The van der Waals surface area contributed by atoms with Crippen molar-refractivity contribution in [3.8, 4) is 0 Å². The van der Waals surface area contributed by atoms with Gasteiger partial charge in [0.2, 0.25) is 15.9 Å². The van der Waals surface area contributed by atoms with E-state index < -0.39 is 10.0 Å². The smallest absolute Gasteiger partial charge is 0.243 e. The Kier molecular flexibility index (Phi) is 5.36. The van der Waals surface area contributed by atoms with Crippen LogP contribution >= 0.6 is 0 Å². The summed E-state index contributed by atoms with van der Waals surface area (Å²) < 4.78 is 28.2. The van der Waals surface area contributed by atoms with Crippen molar-refractivity contribution in [2.24, 2.45) is 5.92 Å². The number of amides is 1. The van der Waals surface area contributed by atoms with Crippen molar-refractivity contribution < 1.29 is 13.2 Å².